The summed E-state index contributed by atoms with van der Waals surface area (Å²) in [5, 5.41) is 6.83. The fourth-order valence-electron chi connectivity index (χ4n) is 1.50. The minimum absolute atomic E-state index is 0.186. The summed E-state index contributed by atoms with van der Waals surface area (Å²) in [6, 6.07) is 6.72. The molecular formula is C12H14FN3O. The number of hydrogen-bond acceptors (Lipinski definition) is 4. The van der Waals surface area contributed by atoms with Crippen LogP contribution in [-0.2, 0) is 13.0 Å². The normalized spacial score (nSPS) is 10.7. The predicted molar refractivity (Wildman–Crippen MR) is 60.8 cm³/mol. The van der Waals surface area contributed by atoms with Crippen LogP contribution in [0.1, 0.15) is 17.3 Å². The highest BCUT2D eigenvalue weighted by molar-refractivity contribution is 5.16. The third-order valence-corrected chi connectivity index (χ3v) is 2.36. The van der Waals surface area contributed by atoms with Gasteiger partial charge < -0.3 is 9.84 Å². The second kappa shape index (κ2) is 5.54. The van der Waals surface area contributed by atoms with Gasteiger partial charge in [-0.15, -0.1) is 0 Å². The molecule has 0 aliphatic heterocycles. The molecular weight excluding hydrogens is 221 g/mol. The van der Waals surface area contributed by atoms with Gasteiger partial charge in [0.15, 0.2) is 5.82 Å². The van der Waals surface area contributed by atoms with Gasteiger partial charge in [-0.3, -0.25) is 0 Å². The Bertz CT molecular complexity index is 484. The molecule has 1 N–H and O–H groups in total. The van der Waals surface area contributed by atoms with Crippen molar-refractivity contribution in [3.05, 3.63) is 47.4 Å². The van der Waals surface area contributed by atoms with E-state index in [2.05, 4.69) is 15.5 Å². The summed E-state index contributed by atoms with van der Waals surface area (Å²) in [5.41, 5.74) is 0.661. The molecule has 1 heterocycles. The zero-order chi connectivity index (χ0) is 12.1. The lowest BCUT2D eigenvalue weighted by atomic mass is 10.2. The van der Waals surface area contributed by atoms with E-state index < -0.39 is 0 Å². The molecule has 1 aromatic heterocycles. The van der Waals surface area contributed by atoms with Gasteiger partial charge in [-0.1, -0.05) is 23.4 Å². The van der Waals surface area contributed by atoms with Crippen LogP contribution in [0.25, 0.3) is 0 Å². The van der Waals surface area contributed by atoms with E-state index in [1.165, 1.54) is 6.07 Å². The first-order valence-corrected chi connectivity index (χ1v) is 5.49. The standard InChI is InChI=1S/C12H14FN3O/c1-9-15-12(17-16-9)6-7-14-8-10-4-2-3-5-11(10)13/h2-5,14H,6-8H2,1H3. The Morgan fingerprint density at radius 2 is 2.18 bits per heavy atom. The molecule has 0 saturated carbocycles. The topological polar surface area (TPSA) is 51.0 Å². The molecule has 0 aliphatic rings. The molecule has 5 heteroatoms. The van der Waals surface area contributed by atoms with E-state index in [-0.39, 0.29) is 5.82 Å². The van der Waals surface area contributed by atoms with Gasteiger partial charge in [-0.2, -0.15) is 4.98 Å². The number of hydrogen-bond donors (Lipinski definition) is 1. The summed E-state index contributed by atoms with van der Waals surface area (Å²) in [7, 11) is 0. The molecule has 0 atom stereocenters. The van der Waals surface area contributed by atoms with E-state index in [1.807, 2.05) is 6.07 Å². The number of halogens is 1. The lowest BCUT2D eigenvalue weighted by molar-refractivity contribution is 0.372. The molecule has 2 rings (SSSR count). The molecule has 90 valence electrons. The predicted octanol–water partition coefficient (Wildman–Crippen LogP) is 1.85. The molecule has 0 saturated heterocycles. The first-order chi connectivity index (χ1) is 8.25. The van der Waals surface area contributed by atoms with Gasteiger partial charge in [0.1, 0.15) is 5.82 Å². The maximum absolute atomic E-state index is 13.3. The van der Waals surface area contributed by atoms with E-state index in [1.54, 1.807) is 19.1 Å². The summed E-state index contributed by atoms with van der Waals surface area (Å²) in [4.78, 5) is 4.08. The molecule has 0 radical (unpaired) electrons. The summed E-state index contributed by atoms with van der Waals surface area (Å²) in [5.74, 6) is 1.05. The summed E-state index contributed by atoms with van der Waals surface area (Å²) < 4.78 is 18.2. The third-order valence-electron chi connectivity index (χ3n) is 2.36. The number of aromatic nitrogens is 2. The van der Waals surface area contributed by atoms with Crippen molar-refractivity contribution in [2.45, 2.75) is 19.9 Å². The third kappa shape index (κ3) is 3.35. The van der Waals surface area contributed by atoms with Crippen molar-refractivity contribution < 1.29 is 8.91 Å². The lowest BCUT2D eigenvalue weighted by Gasteiger charge is -2.03. The van der Waals surface area contributed by atoms with Crippen molar-refractivity contribution in [3.8, 4) is 0 Å². The second-order valence-corrected chi connectivity index (χ2v) is 3.75. The van der Waals surface area contributed by atoms with Gasteiger partial charge >= 0.3 is 0 Å². The van der Waals surface area contributed by atoms with E-state index in [9.17, 15) is 4.39 Å². The summed E-state index contributed by atoms with van der Waals surface area (Å²) in [6.07, 6.45) is 0.648. The molecule has 0 aliphatic carbocycles. The van der Waals surface area contributed by atoms with Crippen molar-refractivity contribution in [3.63, 3.8) is 0 Å². The van der Waals surface area contributed by atoms with Crippen LogP contribution in [0.2, 0.25) is 0 Å². The maximum Gasteiger partial charge on any atom is 0.227 e. The highest BCUT2D eigenvalue weighted by Crippen LogP contribution is 2.05. The molecule has 0 fully saturated rings. The monoisotopic (exact) mass is 235 g/mol. The molecule has 4 nitrogen and oxygen atoms in total. The molecule has 2 aromatic rings. The number of rotatable bonds is 5. The van der Waals surface area contributed by atoms with E-state index in [4.69, 9.17) is 4.52 Å². The van der Waals surface area contributed by atoms with Gasteiger partial charge in [-0.25, -0.2) is 4.39 Å². The zero-order valence-corrected chi connectivity index (χ0v) is 9.61. The van der Waals surface area contributed by atoms with Gasteiger partial charge in [-0.05, 0) is 13.0 Å². The van der Waals surface area contributed by atoms with Crippen LogP contribution in [0.4, 0.5) is 4.39 Å². The Labute approximate surface area is 98.8 Å². The van der Waals surface area contributed by atoms with Crippen LogP contribution >= 0.6 is 0 Å². The fraction of sp³-hybridized carbons (Fsp3) is 0.333. The molecule has 0 unspecified atom stereocenters. The highest BCUT2D eigenvalue weighted by Gasteiger charge is 2.03. The fourth-order valence-corrected chi connectivity index (χ4v) is 1.50. The Kier molecular flexibility index (Phi) is 3.82. The van der Waals surface area contributed by atoms with Crippen molar-refractivity contribution in [2.75, 3.05) is 6.54 Å². The highest BCUT2D eigenvalue weighted by atomic mass is 19.1. The van der Waals surface area contributed by atoms with Crippen LogP contribution in [0.15, 0.2) is 28.8 Å². The summed E-state index contributed by atoms with van der Waals surface area (Å²) >= 11 is 0. The number of benzene rings is 1. The van der Waals surface area contributed by atoms with Crippen LogP contribution in [-0.4, -0.2) is 16.7 Å². The van der Waals surface area contributed by atoms with Gasteiger partial charge in [0.2, 0.25) is 5.89 Å². The SMILES string of the molecule is Cc1noc(CCNCc2ccccc2F)n1. The molecule has 0 amide bonds. The molecule has 0 spiro atoms. The summed E-state index contributed by atoms with van der Waals surface area (Å²) in [6.45, 7) is 2.95. The molecule has 17 heavy (non-hydrogen) atoms. The van der Waals surface area contributed by atoms with Gasteiger partial charge in [0, 0.05) is 25.1 Å². The average molecular weight is 235 g/mol. The van der Waals surface area contributed by atoms with E-state index in [0.29, 0.717) is 36.8 Å². The average Bonchev–Trinajstić information content (AvgIpc) is 2.73. The number of aryl methyl sites for hydroxylation is 1. The zero-order valence-electron chi connectivity index (χ0n) is 9.61. The number of nitrogens with zero attached hydrogens (tertiary/aromatic N) is 2. The maximum atomic E-state index is 13.3. The minimum Gasteiger partial charge on any atom is -0.339 e. The molecule has 0 bridgehead atoms. The first-order valence-electron chi connectivity index (χ1n) is 5.49. The first kappa shape index (κ1) is 11.7. The van der Waals surface area contributed by atoms with E-state index in [0.717, 1.165) is 0 Å². The smallest absolute Gasteiger partial charge is 0.227 e. The Balaban J connectivity index is 1.75. The van der Waals surface area contributed by atoms with Crippen LogP contribution in [0.5, 0.6) is 0 Å². The minimum atomic E-state index is -0.186. The van der Waals surface area contributed by atoms with Crippen LogP contribution < -0.4 is 5.32 Å². The largest absolute Gasteiger partial charge is 0.339 e. The Morgan fingerprint density at radius 3 is 2.88 bits per heavy atom. The Hall–Kier alpha value is -1.75. The van der Waals surface area contributed by atoms with Gasteiger partial charge in [0.25, 0.3) is 0 Å². The van der Waals surface area contributed by atoms with Crippen molar-refractivity contribution in [2.24, 2.45) is 0 Å². The van der Waals surface area contributed by atoms with Crippen molar-refractivity contribution in [1.82, 2.24) is 15.5 Å². The van der Waals surface area contributed by atoms with Gasteiger partial charge in [0.05, 0.1) is 0 Å². The number of nitrogens with one attached hydrogen (secondary N) is 1. The molecule has 1 aromatic carbocycles. The van der Waals surface area contributed by atoms with Crippen LogP contribution in [0.3, 0.4) is 0 Å². The van der Waals surface area contributed by atoms with E-state index >= 15 is 0 Å². The lowest BCUT2D eigenvalue weighted by Crippen LogP contribution is -2.17. The quantitative estimate of drug-likeness (QED) is 0.803. The Morgan fingerprint density at radius 1 is 1.35 bits per heavy atom. The van der Waals surface area contributed by atoms with Crippen molar-refractivity contribution in [1.29, 1.82) is 0 Å². The van der Waals surface area contributed by atoms with Crippen LogP contribution in [0, 0.1) is 12.7 Å². The second-order valence-electron chi connectivity index (χ2n) is 3.75. The van der Waals surface area contributed by atoms with Crippen molar-refractivity contribution >= 4 is 0 Å².